The number of nitrogens with two attached hydrogens (primary N) is 1. The molecule has 0 spiro atoms. The molecule has 0 bridgehead atoms. The third-order valence-corrected chi connectivity index (χ3v) is 1.70. The minimum Gasteiger partial charge on any atom is -0.366 e. The predicted molar refractivity (Wildman–Crippen MR) is 58.0 cm³/mol. The highest BCUT2D eigenvalue weighted by atomic mass is 127. The minimum atomic E-state index is -0.555. The summed E-state index contributed by atoms with van der Waals surface area (Å²) in [6.07, 6.45) is 0. The summed E-state index contributed by atoms with van der Waals surface area (Å²) in [6, 6.07) is 6.58. The Morgan fingerprint density at radius 3 is 2.46 bits per heavy atom. The number of para-hydroxylation sites is 1. The van der Waals surface area contributed by atoms with Crippen molar-refractivity contribution < 1.29 is 9.59 Å². The normalized spacial score (nSPS) is 9.31. The molecular weight excluding hydrogens is 283 g/mol. The van der Waals surface area contributed by atoms with Crippen molar-refractivity contribution in [3.05, 3.63) is 29.8 Å². The van der Waals surface area contributed by atoms with Crippen LogP contribution in [-0.4, -0.2) is 9.82 Å². The molecule has 0 saturated carbocycles. The molecular formula is C8H7IN2O2. The van der Waals surface area contributed by atoms with E-state index in [-0.39, 0.29) is 3.91 Å². The molecule has 4 nitrogen and oxygen atoms in total. The lowest BCUT2D eigenvalue weighted by atomic mass is 10.2. The van der Waals surface area contributed by atoms with Crippen molar-refractivity contribution in [3.8, 4) is 0 Å². The highest BCUT2D eigenvalue weighted by Gasteiger charge is 2.07. The Morgan fingerprint density at radius 1 is 1.31 bits per heavy atom. The Morgan fingerprint density at radius 2 is 1.92 bits per heavy atom. The first-order chi connectivity index (χ1) is 6.11. The molecule has 0 atom stereocenters. The number of anilines is 1. The summed E-state index contributed by atoms with van der Waals surface area (Å²) >= 11 is 1.58. The molecule has 3 N–H and O–H groups in total. The Balaban J connectivity index is 3.04. The SMILES string of the molecule is NC(=O)c1ccccc1NC(=O)I. The van der Waals surface area contributed by atoms with E-state index in [1.165, 1.54) is 0 Å². The number of hydrogen-bond acceptors (Lipinski definition) is 2. The van der Waals surface area contributed by atoms with Crippen LogP contribution in [0.4, 0.5) is 10.5 Å². The van der Waals surface area contributed by atoms with E-state index in [9.17, 15) is 9.59 Å². The minimum absolute atomic E-state index is 0.258. The monoisotopic (exact) mass is 290 g/mol. The average Bonchev–Trinajstić information content (AvgIpc) is 2.03. The molecule has 0 radical (unpaired) electrons. The van der Waals surface area contributed by atoms with Crippen molar-refractivity contribution in [1.29, 1.82) is 0 Å². The smallest absolute Gasteiger partial charge is 0.285 e. The Hall–Kier alpha value is -1.11. The van der Waals surface area contributed by atoms with Crippen molar-refractivity contribution >= 4 is 38.1 Å². The van der Waals surface area contributed by atoms with E-state index >= 15 is 0 Å². The fourth-order valence-electron chi connectivity index (χ4n) is 0.913. The Bertz CT molecular complexity index is 352. The molecule has 0 unspecified atom stereocenters. The van der Waals surface area contributed by atoms with E-state index in [0.717, 1.165) is 0 Å². The van der Waals surface area contributed by atoms with E-state index in [0.29, 0.717) is 11.3 Å². The fraction of sp³-hybridized carbons (Fsp3) is 0. The molecule has 0 heterocycles. The molecule has 0 fully saturated rings. The van der Waals surface area contributed by atoms with Crippen molar-refractivity contribution in [2.24, 2.45) is 5.73 Å². The van der Waals surface area contributed by atoms with Crippen molar-refractivity contribution in [2.45, 2.75) is 0 Å². The maximum Gasteiger partial charge on any atom is 0.285 e. The molecule has 0 saturated heterocycles. The molecule has 0 aromatic heterocycles. The molecule has 1 aromatic rings. The third kappa shape index (κ3) is 2.69. The van der Waals surface area contributed by atoms with Gasteiger partial charge in [-0.2, -0.15) is 0 Å². The molecule has 2 amide bonds. The lowest BCUT2D eigenvalue weighted by Crippen LogP contribution is -2.14. The van der Waals surface area contributed by atoms with Crippen LogP contribution in [0.3, 0.4) is 0 Å². The van der Waals surface area contributed by atoms with Gasteiger partial charge in [0.05, 0.1) is 11.3 Å². The van der Waals surface area contributed by atoms with Crippen LogP contribution in [0.2, 0.25) is 0 Å². The first-order valence-electron chi connectivity index (χ1n) is 3.46. The van der Waals surface area contributed by atoms with Crippen LogP contribution >= 0.6 is 22.6 Å². The van der Waals surface area contributed by atoms with Crippen molar-refractivity contribution in [2.75, 3.05) is 5.32 Å². The second-order valence-electron chi connectivity index (χ2n) is 2.31. The molecule has 13 heavy (non-hydrogen) atoms. The summed E-state index contributed by atoms with van der Waals surface area (Å²) in [4.78, 5) is 21.6. The molecule has 1 aromatic carbocycles. The standard InChI is InChI=1S/C8H7IN2O2/c9-8(13)11-6-4-2-1-3-5(6)7(10)12/h1-4H,(H2,10,12)(H,11,13). The quantitative estimate of drug-likeness (QED) is 0.495. The second-order valence-corrected chi connectivity index (χ2v) is 3.29. The summed E-state index contributed by atoms with van der Waals surface area (Å²) in [7, 11) is 0. The van der Waals surface area contributed by atoms with Crippen LogP contribution in [0.15, 0.2) is 24.3 Å². The first kappa shape index (κ1) is 9.97. The number of hydrogen-bond donors (Lipinski definition) is 2. The van der Waals surface area contributed by atoms with Gasteiger partial charge in [0.15, 0.2) is 0 Å². The maximum atomic E-state index is 10.9. The number of carbonyl (C=O) groups is 2. The van der Waals surface area contributed by atoms with Crippen LogP contribution in [0.25, 0.3) is 0 Å². The lowest BCUT2D eigenvalue weighted by Gasteiger charge is -2.04. The summed E-state index contributed by atoms with van der Waals surface area (Å²) in [6.45, 7) is 0. The second kappa shape index (κ2) is 4.22. The van der Waals surface area contributed by atoms with Gasteiger partial charge in [-0.05, 0) is 12.1 Å². The van der Waals surface area contributed by atoms with Gasteiger partial charge in [0.25, 0.3) is 9.82 Å². The van der Waals surface area contributed by atoms with Gasteiger partial charge in [0.1, 0.15) is 0 Å². The number of rotatable bonds is 2. The highest BCUT2D eigenvalue weighted by molar-refractivity contribution is 14.1. The van der Waals surface area contributed by atoms with Gasteiger partial charge in [0, 0.05) is 22.6 Å². The lowest BCUT2D eigenvalue weighted by molar-refractivity contribution is 0.100. The van der Waals surface area contributed by atoms with E-state index < -0.39 is 5.91 Å². The predicted octanol–water partition coefficient (Wildman–Crippen LogP) is 1.75. The van der Waals surface area contributed by atoms with Crippen LogP contribution in [0.1, 0.15) is 10.4 Å². The zero-order valence-electron chi connectivity index (χ0n) is 6.58. The van der Waals surface area contributed by atoms with Gasteiger partial charge in [-0.3, -0.25) is 9.59 Å². The average molecular weight is 290 g/mol. The van der Waals surface area contributed by atoms with Crippen molar-refractivity contribution in [1.82, 2.24) is 0 Å². The van der Waals surface area contributed by atoms with Gasteiger partial charge >= 0.3 is 0 Å². The van der Waals surface area contributed by atoms with Gasteiger partial charge in [0.2, 0.25) is 0 Å². The number of amides is 2. The zero-order valence-corrected chi connectivity index (χ0v) is 8.74. The van der Waals surface area contributed by atoms with E-state index in [2.05, 4.69) is 5.32 Å². The van der Waals surface area contributed by atoms with Gasteiger partial charge in [-0.25, -0.2) is 0 Å². The van der Waals surface area contributed by atoms with Crippen LogP contribution in [0.5, 0.6) is 0 Å². The summed E-state index contributed by atoms with van der Waals surface area (Å²) in [5, 5.41) is 2.50. The third-order valence-electron chi connectivity index (χ3n) is 1.43. The largest absolute Gasteiger partial charge is 0.366 e. The Labute approximate surface area is 88.6 Å². The maximum absolute atomic E-state index is 10.9. The van der Waals surface area contributed by atoms with E-state index in [1.807, 2.05) is 0 Å². The molecule has 1 rings (SSSR count). The highest BCUT2D eigenvalue weighted by Crippen LogP contribution is 2.14. The van der Waals surface area contributed by atoms with E-state index in [4.69, 9.17) is 5.73 Å². The summed E-state index contributed by atoms with van der Waals surface area (Å²) < 4.78 is -0.258. The van der Waals surface area contributed by atoms with Crippen LogP contribution in [-0.2, 0) is 0 Å². The first-order valence-corrected chi connectivity index (χ1v) is 4.54. The Kier molecular flexibility index (Phi) is 3.24. The van der Waals surface area contributed by atoms with Gasteiger partial charge in [-0.1, -0.05) is 12.1 Å². The molecule has 0 aliphatic carbocycles. The molecule has 5 heteroatoms. The molecule has 68 valence electrons. The number of carbonyl (C=O) groups excluding carboxylic acids is 2. The number of primary amides is 1. The van der Waals surface area contributed by atoms with Crippen LogP contribution in [0, 0.1) is 0 Å². The number of nitrogens with one attached hydrogen (secondary N) is 1. The van der Waals surface area contributed by atoms with Crippen molar-refractivity contribution in [3.63, 3.8) is 0 Å². The fourth-order valence-corrected chi connectivity index (χ4v) is 1.20. The topological polar surface area (TPSA) is 72.2 Å². The molecule has 0 aliphatic rings. The van der Waals surface area contributed by atoms with E-state index in [1.54, 1.807) is 46.9 Å². The summed E-state index contributed by atoms with van der Waals surface area (Å²) in [5.41, 5.74) is 5.85. The van der Waals surface area contributed by atoms with Crippen LogP contribution < -0.4 is 11.1 Å². The molecule has 0 aliphatic heterocycles. The van der Waals surface area contributed by atoms with Gasteiger partial charge in [-0.15, -0.1) is 0 Å². The number of benzene rings is 1. The zero-order chi connectivity index (χ0) is 9.84. The van der Waals surface area contributed by atoms with Gasteiger partial charge < -0.3 is 11.1 Å². The number of halogens is 1. The summed E-state index contributed by atoms with van der Waals surface area (Å²) in [5.74, 6) is -0.555.